The fourth-order valence-electron chi connectivity index (χ4n) is 2.25. The molecule has 0 saturated heterocycles. The minimum Gasteiger partial charge on any atom is -0.497 e. The van der Waals surface area contributed by atoms with E-state index in [9.17, 15) is 9.18 Å². The first-order valence-corrected chi connectivity index (χ1v) is 8.30. The monoisotopic (exact) mass is 342 g/mol. The van der Waals surface area contributed by atoms with E-state index in [1.54, 1.807) is 37.4 Å². The number of halogens is 1. The third kappa shape index (κ3) is 3.86. The maximum atomic E-state index is 13.5. The first kappa shape index (κ1) is 16.3. The van der Waals surface area contributed by atoms with Gasteiger partial charge < -0.3 is 9.47 Å². The predicted octanol–water partition coefficient (Wildman–Crippen LogP) is 4.69. The molecule has 3 nitrogen and oxygen atoms in total. The van der Waals surface area contributed by atoms with Crippen molar-refractivity contribution in [3.8, 4) is 11.5 Å². The van der Waals surface area contributed by atoms with Crippen LogP contribution in [0.2, 0.25) is 0 Å². The number of methoxy groups -OCH3 is 1. The molecular weight excluding hydrogens is 327 g/mol. The fraction of sp³-hybridized carbons (Fsp3) is 0.105. The van der Waals surface area contributed by atoms with Gasteiger partial charge in [0.25, 0.3) is 0 Å². The van der Waals surface area contributed by atoms with Gasteiger partial charge in [-0.3, -0.25) is 4.79 Å². The SMILES string of the molecule is COc1ccc2ccc(OC(=O)CSc3ccccc3F)cc2c1. The molecule has 0 bridgehead atoms. The van der Waals surface area contributed by atoms with Crippen molar-refractivity contribution < 1.29 is 18.7 Å². The van der Waals surface area contributed by atoms with Crippen LogP contribution in [0, 0.1) is 5.82 Å². The second kappa shape index (κ2) is 7.36. The highest BCUT2D eigenvalue weighted by atomic mass is 32.2. The Morgan fingerprint density at radius 3 is 2.46 bits per heavy atom. The lowest BCUT2D eigenvalue weighted by Crippen LogP contribution is -2.10. The number of carbonyl (C=O) groups excluding carboxylic acids is 1. The van der Waals surface area contributed by atoms with Crippen LogP contribution in [0.15, 0.2) is 65.6 Å². The van der Waals surface area contributed by atoms with Gasteiger partial charge >= 0.3 is 5.97 Å². The van der Waals surface area contributed by atoms with Crippen LogP contribution in [0.3, 0.4) is 0 Å². The van der Waals surface area contributed by atoms with Gasteiger partial charge in [-0.15, -0.1) is 11.8 Å². The standard InChI is InChI=1S/C19H15FO3S/c1-22-15-8-6-13-7-9-16(11-14(13)10-15)23-19(21)12-24-18-5-3-2-4-17(18)20/h2-11H,12H2,1H3. The molecule has 0 amide bonds. The largest absolute Gasteiger partial charge is 0.497 e. The lowest BCUT2D eigenvalue weighted by molar-refractivity contribution is -0.131. The van der Waals surface area contributed by atoms with E-state index in [-0.39, 0.29) is 11.6 Å². The van der Waals surface area contributed by atoms with Crippen LogP contribution in [0.5, 0.6) is 11.5 Å². The average molecular weight is 342 g/mol. The third-order valence-electron chi connectivity index (χ3n) is 3.43. The maximum absolute atomic E-state index is 13.5. The molecule has 0 N–H and O–H groups in total. The lowest BCUT2D eigenvalue weighted by atomic mass is 10.1. The normalized spacial score (nSPS) is 10.6. The van der Waals surface area contributed by atoms with Crippen molar-refractivity contribution in [2.75, 3.05) is 12.9 Å². The zero-order valence-corrected chi connectivity index (χ0v) is 13.8. The zero-order valence-electron chi connectivity index (χ0n) is 13.0. The van der Waals surface area contributed by atoms with Gasteiger partial charge in [0.1, 0.15) is 17.3 Å². The fourth-order valence-corrected chi connectivity index (χ4v) is 2.97. The Bertz CT molecular complexity index is 879. The van der Waals surface area contributed by atoms with Crippen LogP contribution in [-0.4, -0.2) is 18.8 Å². The summed E-state index contributed by atoms with van der Waals surface area (Å²) in [4.78, 5) is 12.4. The number of fused-ring (bicyclic) bond motifs is 1. The predicted molar refractivity (Wildman–Crippen MR) is 93.3 cm³/mol. The molecule has 0 spiro atoms. The zero-order chi connectivity index (χ0) is 16.9. The van der Waals surface area contributed by atoms with Crippen LogP contribution in [0.25, 0.3) is 10.8 Å². The summed E-state index contributed by atoms with van der Waals surface area (Å²) in [6.45, 7) is 0. The van der Waals surface area contributed by atoms with Gasteiger partial charge in [0, 0.05) is 4.90 Å². The van der Waals surface area contributed by atoms with E-state index in [4.69, 9.17) is 9.47 Å². The first-order valence-electron chi connectivity index (χ1n) is 7.31. The van der Waals surface area contributed by atoms with Crippen molar-refractivity contribution in [1.29, 1.82) is 0 Å². The van der Waals surface area contributed by atoms with Crippen LogP contribution in [0.1, 0.15) is 0 Å². The number of benzene rings is 3. The Balaban J connectivity index is 1.67. The first-order chi connectivity index (χ1) is 11.7. The smallest absolute Gasteiger partial charge is 0.321 e. The van der Waals surface area contributed by atoms with E-state index in [2.05, 4.69) is 0 Å². The molecule has 0 unspecified atom stereocenters. The van der Waals surface area contributed by atoms with E-state index in [0.29, 0.717) is 10.6 Å². The van der Waals surface area contributed by atoms with Gasteiger partial charge in [-0.25, -0.2) is 4.39 Å². The molecule has 0 aliphatic carbocycles. The molecule has 0 aliphatic heterocycles. The summed E-state index contributed by atoms with van der Waals surface area (Å²) in [5.74, 6) is 0.464. The van der Waals surface area contributed by atoms with Crippen LogP contribution in [-0.2, 0) is 4.79 Å². The van der Waals surface area contributed by atoms with E-state index in [0.717, 1.165) is 28.3 Å². The van der Waals surface area contributed by atoms with E-state index in [1.165, 1.54) is 6.07 Å². The Kier molecular flexibility index (Phi) is 5.01. The molecule has 3 aromatic carbocycles. The van der Waals surface area contributed by atoms with Crippen LogP contribution >= 0.6 is 11.8 Å². The Labute approximate surface area is 143 Å². The molecule has 24 heavy (non-hydrogen) atoms. The third-order valence-corrected chi connectivity index (χ3v) is 4.45. The highest BCUT2D eigenvalue weighted by Crippen LogP contribution is 2.26. The van der Waals surface area contributed by atoms with Crippen molar-refractivity contribution in [2.45, 2.75) is 4.90 Å². The van der Waals surface area contributed by atoms with Crippen molar-refractivity contribution in [3.63, 3.8) is 0 Å². The summed E-state index contributed by atoms with van der Waals surface area (Å²) in [7, 11) is 1.60. The minimum atomic E-state index is -0.425. The number of rotatable bonds is 5. The highest BCUT2D eigenvalue weighted by Gasteiger charge is 2.09. The van der Waals surface area contributed by atoms with E-state index >= 15 is 0 Å². The van der Waals surface area contributed by atoms with Gasteiger partial charge in [-0.05, 0) is 47.2 Å². The Morgan fingerprint density at radius 1 is 1.00 bits per heavy atom. The number of esters is 1. The van der Waals surface area contributed by atoms with E-state index in [1.807, 2.05) is 24.3 Å². The van der Waals surface area contributed by atoms with Gasteiger partial charge in [0.15, 0.2) is 0 Å². The van der Waals surface area contributed by atoms with Crippen molar-refractivity contribution in [1.82, 2.24) is 0 Å². The molecule has 0 aromatic heterocycles. The summed E-state index contributed by atoms with van der Waals surface area (Å²) in [5, 5.41) is 1.94. The molecule has 0 radical (unpaired) electrons. The van der Waals surface area contributed by atoms with Crippen molar-refractivity contribution in [3.05, 3.63) is 66.5 Å². The second-order valence-corrected chi connectivity index (χ2v) is 6.09. The molecule has 0 atom stereocenters. The quantitative estimate of drug-likeness (QED) is 0.383. The molecule has 0 aliphatic rings. The number of ether oxygens (including phenoxy) is 2. The summed E-state index contributed by atoms with van der Waals surface area (Å²) in [6, 6.07) is 17.4. The van der Waals surface area contributed by atoms with Gasteiger partial charge in [-0.2, -0.15) is 0 Å². The summed E-state index contributed by atoms with van der Waals surface area (Å²) in [6.07, 6.45) is 0. The Morgan fingerprint density at radius 2 is 1.71 bits per heavy atom. The topological polar surface area (TPSA) is 35.5 Å². The highest BCUT2D eigenvalue weighted by molar-refractivity contribution is 8.00. The van der Waals surface area contributed by atoms with Gasteiger partial charge in [0.05, 0.1) is 12.9 Å². The minimum absolute atomic E-state index is 0.0388. The number of carbonyl (C=O) groups is 1. The second-order valence-electron chi connectivity index (χ2n) is 5.07. The summed E-state index contributed by atoms with van der Waals surface area (Å²) in [5.41, 5.74) is 0. The lowest BCUT2D eigenvalue weighted by Gasteiger charge is -2.07. The summed E-state index contributed by atoms with van der Waals surface area (Å²) >= 11 is 1.11. The van der Waals surface area contributed by atoms with Gasteiger partial charge in [0.2, 0.25) is 0 Å². The van der Waals surface area contributed by atoms with Crippen molar-refractivity contribution >= 4 is 28.5 Å². The summed E-state index contributed by atoms with van der Waals surface area (Å²) < 4.78 is 24.1. The molecule has 5 heteroatoms. The van der Waals surface area contributed by atoms with Crippen LogP contribution in [0.4, 0.5) is 4.39 Å². The number of hydrogen-bond donors (Lipinski definition) is 0. The van der Waals surface area contributed by atoms with Crippen molar-refractivity contribution in [2.24, 2.45) is 0 Å². The molecule has 3 aromatic rings. The molecule has 122 valence electrons. The van der Waals surface area contributed by atoms with E-state index < -0.39 is 5.97 Å². The van der Waals surface area contributed by atoms with Gasteiger partial charge in [-0.1, -0.05) is 24.3 Å². The molecule has 0 fully saturated rings. The molecular formula is C19H15FO3S. The average Bonchev–Trinajstić information content (AvgIpc) is 2.60. The Hall–Kier alpha value is -2.53. The van der Waals surface area contributed by atoms with Crippen LogP contribution < -0.4 is 9.47 Å². The number of hydrogen-bond acceptors (Lipinski definition) is 4. The molecule has 0 saturated carbocycles. The molecule has 3 rings (SSSR count). The molecule has 0 heterocycles. The number of thioether (sulfide) groups is 1. The maximum Gasteiger partial charge on any atom is 0.321 e.